The molecule has 0 spiro atoms. The maximum absolute atomic E-state index is 2.50. The third-order valence-corrected chi connectivity index (χ3v) is 4.39. The third kappa shape index (κ3) is 0.797. The van der Waals surface area contributed by atoms with Gasteiger partial charge in [0.15, 0.2) is 0 Å². The van der Waals surface area contributed by atoms with Gasteiger partial charge in [0.05, 0.1) is 0 Å². The molecule has 0 nitrogen and oxygen atoms in total. The summed E-state index contributed by atoms with van der Waals surface area (Å²) in [4.78, 5) is 0. The standard InChI is InChI=1S/C15H14/c1-15-7-6-10(15)8-13-11-4-2-3-5-12(11)14(13)9-15/h2-12H,1H3. The van der Waals surface area contributed by atoms with Crippen LogP contribution >= 0.6 is 0 Å². The fourth-order valence-electron chi connectivity index (χ4n) is 3.30. The van der Waals surface area contributed by atoms with Crippen LogP contribution in [0.15, 0.2) is 59.8 Å². The van der Waals surface area contributed by atoms with Crippen molar-refractivity contribution in [1.82, 2.24) is 0 Å². The molecule has 1 saturated carbocycles. The van der Waals surface area contributed by atoms with Gasteiger partial charge in [-0.2, -0.15) is 0 Å². The molecule has 0 amide bonds. The van der Waals surface area contributed by atoms with Crippen molar-refractivity contribution in [2.45, 2.75) is 6.92 Å². The van der Waals surface area contributed by atoms with Crippen LogP contribution in [0.1, 0.15) is 6.92 Å². The topological polar surface area (TPSA) is 0 Å². The highest BCUT2D eigenvalue weighted by Gasteiger charge is 2.46. The molecule has 0 N–H and O–H groups in total. The molecule has 15 heavy (non-hydrogen) atoms. The summed E-state index contributed by atoms with van der Waals surface area (Å²) in [5, 5.41) is 0. The Labute approximate surface area is 90.4 Å². The van der Waals surface area contributed by atoms with Crippen LogP contribution in [0.4, 0.5) is 0 Å². The number of hydrogen-bond acceptors (Lipinski definition) is 0. The maximum atomic E-state index is 2.50. The van der Waals surface area contributed by atoms with Gasteiger partial charge in [-0.15, -0.1) is 0 Å². The summed E-state index contributed by atoms with van der Waals surface area (Å²) in [6.45, 7) is 2.34. The predicted molar refractivity (Wildman–Crippen MR) is 62.2 cm³/mol. The Morgan fingerprint density at radius 3 is 2.40 bits per heavy atom. The van der Waals surface area contributed by atoms with E-state index in [0.717, 1.165) is 0 Å². The van der Waals surface area contributed by atoms with Gasteiger partial charge in [0.25, 0.3) is 0 Å². The lowest BCUT2D eigenvalue weighted by atomic mass is 9.54. The normalized spacial score (nSPS) is 47.9. The molecule has 0 radical (unpaired) electrons. The minimum atomic E-state index is 0.332. The first kappa shape index (κ1) is 7.92. The fraction of sp³-hybridized carbons (Fsp3) is 0.333. The predicted octanol–water partition coefficient (Wildman–Crippen LogP) is 3.42. The molecule has 0 aromatic carbocycles. The van der Waals surface area contributed by atoms with E-state index >= 15 is 0 Å². The monoisotopic (exact) mass is 194 g/mol. The maximum Gasteiger partial charge on any atom is 0.0137 e. The zero-order chi connectivity index (χ0) is 10.0. The van der Waals surface area contributed by atoms with Crippen LogP contribution in [-0.2, 0) is 0 Å². The third-order valence-electron chi connectivity index (χ3n) is 4.39. The lowest BCUT2D eigenvalue weighted by Gasteiger charge is -2.50. The summed E-state index contributed by atoms with van der Waals surface area (Å²) in [7, 11) is 0. The van der Waals surface area contributed by atoms with Crippen molar-refractivity contribution in [1.29, 1.82) is 0 Å². The van der Waals surface area contributed by atoms with E-state index in [1.807, 2.05) is 0 Å². The van der Waals surface area contributed by atoms with E-state index in [4.69, 9.17) is 0 Å². The highest BCUT2D eigenvalue weighted by molar-refractivity contribution is 5.58. The Balaban J connectivity index is 1.83. The van der Waals surface area contributed by atoms with E-state index in [9.17, 15) is 0 Å². The molecule has 0 saturated heterocycles. The van der Waals surface area contributed by atoms with Gasteiger partial charge >= 0.3 is 0 Å². The van der Waals surface area contributed by atoms with Gasteiger partial charge in [0.2, 0.25) is 0 Å². The van der Waals surface area contributed by atoms with E-state index in [2.05, 4.69) is 55.5 Å². The van der Waals surface area contributed by atoms with Crippen LogP contribution in [0.2, 0.25) is 0 Å². The van der Waals surface area contributed by atoms with Crippen LogP contribution in [0.3, 0.4) is 0 Å². The Morgan fingerprint density at radius 2 is 1.73 bits per heavy atom. The SMILES string of the molecule is CC12C=CC1C=C1C(=C2)C2C=CC=CC12. The second-order valence-electron chi connectivity index (χ2n) is 5.29. The van der Waals surface area contributed by atoms with Gasteiger partial charge in [0, 0.05) is 23.2 Å². The first-order chi connectivity index (χ1) is 7.28. The van der Waals surface area contributed by atoms with Crippen molar-refractivity contribution >= 4 is 0 Å². The Hall–Kier alpha value is -1.30. The quantitative estimate of drug-likeness (QED) is 0.518. The van der Waals surface area contributed by atoms with Crippen LogP contribution in [0, 0.1) is 23.2 Å². The molecule has 0 aromatic heterocycles. The van der Waals surface area contributed by atoms with Gasteiger partial charge in [0.1, 0.15) is 0 Å². The summed E-state index contributed by atoms with van der Waals surface area (Å²) in [5.41, 5.74) is 3.51. The molecule has 0 bridgehead atoms. The zero-order valence-corrected chi connectivity index (χ0v) is 8.85. The van der Waals surface area contributed by atoms with Crippen LogP contribution in [0.5, 0.6) is 0 Å². The van der Waals surface area contributed by atoms with Crippen molar-refractivity contribution in [3.63, 3.8) is 0 Å². The molecule has 4 unspecified atom stereocenters. The summed E-state index contributed by atoms with van der Waals surface area (Å²) >= 11 is 0. The number of hydrogen-bond donors (Lipinski definition) is 0. The molecule has 4 rings (SSSR count). The van der Waals surface area contributed by atoms with Gasteiger partial charge in [-0.3, -0.25) is 0 Å². The van der Waals surface area contributed by atoms with Crippen molar-refractivity contribution in [3.05, 3.63) is 59.8 Å². The van der Waals surface area contributed by atoms with E-state index in [-0.39, 0.29) is 0 Å². The largest absolute Gasteiger partial charge is 0.0795 e. The smallest absolute Gasteiger partial charge is 0.0137 e. The molecule has 0 heteroatoms. The summed E-state index contributed by atoms with van der Waals surface area (Å²) < 4.78 is 0. The summed E-state index contributed by atoms with van der Waals surface area (Å²) in [5.74, 6) is 2.02. The molecule has 0 heterocycles. The highest BCUT2D eigenvalue weighted by Crippen LogP contribution is 2.57. The lowest BCUT2D eigenvalue weighted by Crippen LogP contribution is -2.40. The molecular formula is C15H14. The molecular weight excluding hydrogens is 180 g/mol. The molecule has 74 valence electrons. The molecule has 4 atom stereocenters. The first-order valence-corrected chi connectivity index (χ1v) is 5.77. The Morgan fingerprint density at radius 1 is 1.00 bits per heavy atom. The van der Waals surface area contributed by atoms with Crippen molar-refractivity contribution < 1.29 is 0 Å². The minimum absolute atomic E-state index is 0.332. The lowest BCUT2D eigenvalue weighted by molar-refractivity contribution is 0.366. The van der Waals surface area contributed by atoms with Crippen molar-refractivity contribution in [3.8, 4) is 0 Å². The molecule has 1 fully saturated rings. The molecule has 4 aliphatic rings. The number of rotatable bonds is 0. The average Bonchev–Trinajstić information content (AvgIpc) is 2.23. The Kier molecular flexibility index (Phi) is 1.20. The van der Waals surface area contributed by atoms with E-state index in [1.54, 1.807) is 11.1 Å². The molecule has 0 aromatic rings. The van der Waals surface area contributed by atoms with Gasteiger partial charge in [-0.1, -0.05) is 55.5 Å². The van der Waals surface area contributed by atoms with Gasteiger partial charge < -0.3 is 0 Å². The average molecular weight is 194 g/mol. The Bertz CT molecular complexity index is 484. The second-order valence-corrected chi connectivity index (χ2v) is 5.29. The zero-order valence-electron chi connectivity index (χ0n) is 8.85. The number of allylic oxidation sites excluding steroid dienone is 10. The summed E-state index contributed by atoms with van der Waals surface area (Å²) in [6.07, 6.45) is 18.7. The first-order valence-electron chi connectivity index (χ1n) is 5.77. The van der Waals surface area contributed by atoms with Crippen molar-refractivity contribution in [2.24, 2.45) is 23.2 Å². The molecule has 0 aliphatic heterocycles. The fourth-order valence-corrected chi connectivity index (χ4v) is 3.30. The number of fused-ring (bicyclic) bond motifs is 5. The van der Waals surface area contributed by atoms with Crippen LogP contribution in [0.25, 0.3) is 0 Å². The van der Waals surface area contributed by atoms with E-state index in [0.29, 0.717) is 23.2 Å². The molecule has 4 aliphatic carbocycles. The van der Waals surface area contributed by atoms with Crippen LogP contribution in [-0.4, -0.2) is 0 Å². The van der Waals surface area contributed by atoms with Gasteiger partial charge in [-0.25, -0.2) is 0 Å². The van der Waals surface area contributed by atoms with E-state index < -0.39 is 0 Å². The van der Waals surface area contributed by atoms with E-state index in [1.165, 1.54) is 0 Å². The second kappa shape index (κ2) is 2.27. The van der Waals surface area contributed by atoms with Gasteiger partial charge in [-0.05, 0) is 11.1 Å². The van der Waals surface area contributed by atoms with Crippen molar-refractivity contribution in [2.75, 3.05) is 0 Å². The van der Waals surface area contributed by atoms with Crippen LogP contribution < -0.4 is 0 Å². The summed E-state index contributed by atoms with van der Waals surface area (Å²) in [6, 6.07) is 0. The highest BCUT2D eigenvalue weighted by atomic mass is 14.5. The minimum Gasteiger partial charge on any atom is -0.0795 e.